The topological polar surface area (TPSA) is 137 Å². The van der Waals surface area contributed by atoms with Gasteiger partial charge in [-0.15, -0.1) is 0 Å². The van der Waals surface area contributed by atoms with Crippen LogP contribution < -0.4 is 20.1 Å². The van der Waals surface area contributed by atoms with E-state index in [1.165, 1.54) is 17.0 Å². The molecule has 0 bridgehead atoms. The molecule has 0 unspecified atom stereocenters. The summed E-state index contributed by atoms with van der Waals surface area (Å²) in [6.07, 6.45) is 0.658. The summed E-state index contributed by atoms with van der Waals surface area (Å²) in [5.74, 6) is -2.26. The molecule has 4 atom stereocenters. The lowest BCUT2D eigenvalue weighted by Crippen LogP contribution is -2.53. The molecule has 10 nitrogen and oxygen atoms in total. The molecule has 3 heterocycles. The Hall–Kier alpha value is -4.57. The van der Waals surface area contributed by atoms with E-state index in [0.717, 1.165) is 5.56 Å². The number of rotatable bonds is 7. The fraction of sp³-hybridized carbons (Fsp3) is 0.300. The Bertz CT molecular complexity index is 1540. The Morgan fingerprint density at radius 1 is 0.875 bits per heavy atom. The highest BCUT2D eigenvalue weighted by Crippen LogP contribution is 2.53. The SMILES string of the molecule is COc1ccc(CCN2C(=O)[C@H]3[C@H](Cc4ccc(O)c(O)c4)N[C@]4(C(=O)Nc5ccccc54)[C@@H]3C2=O)cc1OC. The third-order valence-corrected chi connectivity index (χ3v) is 8.28. The molecule has 3 aliphatic rings. The minimum absolute atomic E-state index is 0.145. The van der Waals surface area contributed by atoms with E-state index in [4.69, 9.17) is 9.47 Å². The number of carbonyl (C=O) groups is 3. The minimum atomic E-state index is -1.41. The highest BCUT2D eigenvalue weighted by molar-refractivity contribution is 6.15. The summed E-state index contributed by atoms with van der Waals surface area (Å²) >= 11 is 0. The predicted octanol–water partition coefficient (Wildman–Crippen LogP) is 2.32. The Kier molecular flexibility index (Phi) is 6.14. The van der Waals surface area contributed by atoms with Crippen LogP contribution in [0.2, 0.25) is 0 Å². The molecular formula is C30H29N3O7. The molecule has 2 saturated heterocycles. The summed E-state index contributed by atoms with van der Waals surface area (Å²) < 4.78 is 10.7. The zero-order valence-electron chi connectivity index (χ0n) is 22.0. The number of likely N-dealkylation sites (tertiary alicyclic amines) is 1. The molecule has 4 N–H and O–H groups in total. The smallest absolute Gasteiger partial charge is 0.250 e. The van der Waals surface area contributed by atoms with E-state index in [0.29, 0.717) is 34.7 Å². The number of carbonyl (C=O) groups excluding carboxylic acids is 3. The maximum atomic E-state index is 14.0. The zero-order valence-corrected chi connectivity index (χ0v) is 22.0. The lowest BCUT2D eigenvalue weighted by atomic mass is 9.76. The first-order valence-corrected chi connectivity index (χ1v) is 13.0. The lowest BCUT2D eigenvalue weighted by molar-refractivity contribution is -0.142. The molecule has 3 aromatic rings. The van der Waals surface area contributed by atoms with E-state index >= 15 is 0 Å². The number of fused-ring (bicyclic) bond motifs is 4. The van der Waals surface area contributed by atoms with Crippen molar-refractivity contribution in [1.82, 2.24) is 10.2 Å². The molecule has 0 aliphatic carbocycles. The summed E-state index contributed by atoms with van der Waals surface area (Å²) in [6, 6.07) is 16.5. The van der Waals surface area contributed by atoms with Crippen molar-refractivity contribution in [3.8, 4) is 23.0 Å². The van der Waals surface area contributed by atoms with E-state index < -0.39 is 29.3 Å². The third-order valence-electron chi connectivity index (χ3n) is 8.28. The number of phenolic OH excluding ortho intramolecular Hbond substituents is 2. The van der Waals surface area contributed by atoms with Crippen LogP contribution in [0.3, 0.4) is 0 Å². The number of imide groups is 1. The summed E-state index contributed by atoms with van der Waals surface area (Å²) in [4.78, 5) is 42.8. The van der Waals surface area contributed by atoms with E-state index in [-0.39, 0.29) is 36.3 Å². The molecule has 40 heavy (non-hydrogen) atoms. The molecule has 1 spiro atoms. The number of nitrogens with zero attached hydrogens (tertiary/aromatic N) is 1. The van der Waals surface area contributed by atoms with Gasteiger partial charge in [-0.3, -0.25) is 24.6 Å². The van der Waals surface area contributed by atoms with Crippen molar-refractivity contribution >= 4 is 23.4 Å². The standard InChI is InChI=1S/C30H29N3O7/c1-39-23-10-8-16(15-24(23)40-2)11-12-33-27(36)25-20(13-17-7-9-21(34)22(35)14-17)32-30(26(25)28(33)37)18-5-3-4-6-19(18)31-29(30)38/h3-10,14-15,20,25-26,32,34-35H,11-13H2,1-2H3,(H,31,38)/t20-,25-,26-,30-/m0/s1. The van der Waals surface area contributed by atoms with E-state index in [9.17, 15) is 24.6 Å². The van der Waals surface area contributed by atoms with Gasteiger partial charge in [0.25, 0.3) is 0 Å². The second kappa shape index (κ2) is 9.56. The second-order valence-electron chi connectivity index (χ2n) is 10.4. The van der Waals surface area contributed by atoms with Crippen molar-refractivity contribution in [1.29, 1.82) is 0 Å². The van der Waals surface area contributed by atoms with Gasteiger partial charge in [-0.2, -0.15) is 0 Å². The molecule has 3 aromatic carbocycles. The van der Waals surface area contributed by atoms with Gasteiger partial charge in [-0.1, -0.05) is 30.3 Å². The highest BCUT2D eigenvalue weighted by atomic mass is 16.5. The van der Waals surface area contributed by atoms with Crippen molar-refractivity contribution in [2.45, 2.75) is 24.4 Å². The molecule has 0 radical (unpaired) electrons. The average molecular weight is 544 g/mol. The van der Waals surface area contributed by atoms with Crippen LogP contribution in [0.25, 0.3) is 0 Å². The number of anilines is 1. The van der Waals surface area contributed by atoms with Crippen LogP contribution in [0.4, 0.5) is 5.69 Å². The normalized spacial score (nSPS) is 24.8. The van der Waals surface area contributed by atoms with Crippen LogP contribution >= 0.6 is 0 Å². The first kappa shape index (κ1) is 25.7. The largest absolute Gasteiger partial charge is 0.504 e. The zero-order chi connectivity index (χ0) is 28.2. The van der Waals surface area contributed by atoms with Crippen molar-refractivity contribution in [3.05, 3.63) is 77.4 Å². The lowest BCUT2D eigenvalue weighted by Gasteiger charge is -2.29. The molecule has 206 valence electrons. The number of nitrogens with one attached hydrogen (secondary N) is 2. The van der Waals surface area contributed by atoms with Gasteiger partial charge in [-0.25, -0.2) is 0 Å². The molecule has 3 amide bonds. The van der Waals surface area contributed by atoms with Crippen molar-refractivity contribution in [2.75, 3.05) is 26.1 Å². The van der Waals surface area contributed by atoms with Crippen LogP contribution in [-0.2, 0) is 32.8 Å². The molecular weight excluding hydrogens is 514 g/mol. The van der Waals surface area contributed by atoms with Crippen LogP contribution in [0, 0.1) is 11.8 Å². The highest BCUT2D eigenvalue weighted by Gasteiger charge is 2.70. The fourth-order valence-electron chi connectivity index (χ4n) is 6.44. The molecule has 10 heteroatoms. The number of amides is 3. The summed E-state index contributed by atoms with van der Waals surface area (Å²) in [6.45, 7) is 0.145. The number of hydrogen-bond acceptors (Lipinski definition) is 8. The number of phenols is 2. The third kappa shape index (κ3) is 3.78. The van der Waals surface area contributed by atoms with E-state index in [1.807, 2.05) is 12.1 Å². The van der Waals surface area contributed by atoms with Gasteiger partial charge in [0.2, 0.25) is 17.7 Å². The van der Waals surface area contributed by atoms with Crippen molar-refractivity contribution in [2.24, 2.45) is 11.8 Å². The summed E-state index contributed by atoms with van der Waals surface area (Å²) in [7, 11) is 3.09. The molecule has 3 aliphatic heterocycles. The maximum absolute atomic E-state index is 14.0. The molecule has 0 aromatic heterocycles. The fourth-order valence-corrected chi connectivity index (χ4v) is 6.44. The van der Waals surface area contributed by atoms with Crippen LogP contribution in [0.15, 0.2) is 60.7 Å². The van der Waals surface area contributed by atoms with Gasteiger partial charge in [0, 0.05) is 23.8 Å². The first-order chi connectivity index (χ1) is 19.3. The van der Waals surface area contributed by atoms with E-state index in [2.05, 4.69) is 10.6 Å². The number of benzene rings is 3. The average Bonchev–Trinajstić information content (AvgIpc) is 3.53. The number of para-hydroxylation sites is 1. The Morgan fingerprint density at radius 3 is 2.38 bits per heavy atom. The molecule has 0 saturated carbocycles. The first-order valence-electron chi connectivity index (χ1n) is 13.0. The van der Waals surface area contributed by atoms with Gasteiger partial charge in [0.15, 0.2) is 23.0 Å². The minimum Gasteiger partial charge on any atom is -0.504 e. The number of aromatic hydroxyl groups is 2. The van der Waals surface area contributed by atoms with Crippen LogP contribution in [0.1, 0.15) is 16.7 Å². The second-order valence-corrected chi connectivity index (χ2v) is 10.4. The van der Waals surface area contributed by atoms with Gasteiger partial charge in [0.05, 0.1) is 26.1 Å². The van der Waals surface area contributed by atoms with Gasteiger partial charge < -0.3 is 25.0 Å². The molecule has 6 rings (SSSR count). The van der Waals surface area contributed by atoms with E-state index in [1.54, 1.807) is 50.6 Å². The van der Waals surface area contributed by atoms with Crippen LogP contribution in [-0.4, -0.2) is 59.6 Å². The Labute approximate surface area is 230 Å². The number of methoxy groups -OCH3 is 2. The van der Waals surface area contributed by atoms with Crippen LogP contribution in [0.5, 0.6) is 23.0 Å². The predicted molar refractivity (Wildman–Crippen MR) is 144 cm³/mol. The number of ether oxygens (including phenoxy) is 2. The Balaban J connectivity index is 1.35. The van der Waals surface area contributed by atoms with Gasteiger partial charge in [0.1, 0.15) is 5.54 Å². The van der Waals surface area contributed by atoms with Crippen molar-refractivity contribution < 1.29 is 34.1 Å². The van der Waals surface area contributed by atoms with Gasteiger partial charge >= 0.3 is 0 Å². The molecule has 2 fully saturated rings. The Morgan fingerprint density at radius 2 is 1.62 bits per heavy atom. The maximum Gasteiger partial charge on any atom is 0.250 e. The summed E-state index contributed by atoms with van der Waals surface area (Å²) in [5, 5.41) is 26.1. The summed E-state index contributed by atoms with van der Waals surface area (Å²) in [5.41, 5.74) is 1.34. The number of hydrogen-bond donors (Lipinski definition) is 4. The monoisotopic (exact) mass is 543 g/mol. The quantitative estimate of drug-likeness (QED) is 0.263. The van der Waals surface area contributed by atoms with Crippen molar-refractivity contribution in [3.63, 3.8) is 0 Å². The van der Waals surface area contributed by atoms with Gasteiger partial charge in [-0.05, 0) is 54.3 Å².